The van der Waals surface area contributed by atoms with Crippen LogP contribution in [0.5, 0.6) is 5.75 Å². The molecule has 96 valence electrons. The Bertz CT molecular complexity index is 481. The maximum Gasteiger partial charge on any atom is 0.157 e. The molecule has 0 saturated heterocycles. The molecule has 18 heavy (non-hydrogen) atoms. The predicted molar refractivity (Wildman–Crippen MR) is 73.3 cm³/mol. The Labute approximate surface area is 112 Å². The van der Waals surface area contributed by atoms with Gasteiger partial charge >= 0.3 is 0 Å². The highest BCUT2D eigenvalue weighted by atomic mass is 35.5. The molecule has 0 amide bonds. The van der Waals surface area contributed by atoms with Gasteiger partial charge < -0.3 is 10.1 Å². The van der Waals surface area contributed by atoms with E-state index in [1.54, 1.807) is 6.20 Å². The maximum absolute atomic E-state index is 5.81. The maximum atomic E-state index is 5.81. The smallest absolute Gasteiger partial charge is 0.157 e. The third kappa shape index (κ3) is 3.67. The Morgan fingerprint density at radius 1 is 1.33 bits per heavy atom. The van der Waals surface area contributed by atoms with E-state index in [0.29, 0.717) is 6.61 Å². The van der Waals surface area contributed by atoms with Crippen molar-refractivity contribution in [3.63, 3.8) is 0 Å². The summed E-state index contributed by atoms with van der Waals surface area (Å²) < 4.78 is 7.40. The molecule has 0 aliphatic rings. The Hall–Kier alpha value is -1.68. The van der Waals surface area contributed by atoms with E-state index < -0.39 is 0 Å². The van der Waals surface area contributed by atoms with Crippen molar-refractivity contribution in [3.05, 3.63) is 41.7 Å². The van der Waals surface area contributed by atoms with Crippen LogP contribution in [0.15, 0.2) is 36.7 Å². The van der Waals surface area contributed by atoms with Gasteiger partial charge in [0.25, 0.3) is 0 Å². The standard InChI is InChI=1S/C13H16ClN3O/c1-2-17-10-13(9-16-17)18-8-7-15-12-5-3-11(14)4-6-12/h3-6,9-10,15H,2,7-8H2,1H3. The second-order valence-electron chi connectivity index (χ2n) is 3.81. The van der Waals surface area contributed by atoms with Crippen molar-refractivity contribution in [2.75, 3.05) is 18.5 Å². The van der Waals surface area contributed by atoms with Gasteiger partial charge in [-0.1, -0.05) is 11.6 Å². The summed E-state index contributed by atoms with van der Waals surface area (Å²) in [6, 6.07) is 7.60. The van der Waals surface area contributed by atoms with Crippen LogP contribution < -0.4 is 10.1 Å². The first kappa shape index (κ1) is 12.8. The van der Waals surface area contributed by atoms with Gasteiger partial charge in [0.1, 0.15) is 6.61 Å². The Kier molecular flexibility index (Phi) is 4.47. The molecular weight excluding hydrogens is 250 g/mol. The number of nitrogens with zero attached hydrogens (tertiary/aromatic N) is 2. The van der Waals surface area contributed by atoms with Crippen molar-refractivity contribution in [1.82, 2.24) is 9.78 Å². The largest absolute Gasteiger partial charge is 0.488 e. The molecule has 0 spiro atoms. The lowest BCUT2D eigenvalue weighted by atomic mass is 10.3. The van der Waals surface area contributed by atoms with Crippen LogP contribution in [0.2, 0.25) is 5.02 Å². The van der Waals surface area contributed by atoms with Crippen molar-refractivity contribution in [2.24, 2.45) is 0 Å². The fraction of sp³-hybridized carbons (Fsp3) is 0.308. The molecular formula is C13H16ClN3O. The first-order valence-electron chi connectivity index (χ1n) is 5.92. The molecule has 2 rings (SSSR count). The molecule has 1 N–H and O–H groups in total. The Balaban J connectivity index is 1.71. The molecule has 1 heterocycles. The molecule has 1 aromatic carbocycles. The van der Waals surface area contributed by atoms with Crippen molar-refractivity contribution in [1.29, 1.82) is 0 Å². The molecule has 2 aromatic rings. The molecule has 0 aliphatic carbocycles. The van der Waals surface area contributed by atoms with E-state index in [-0.39, 0.29) is 0 Å². The fourth-order valence-corrected chi connectivity index (χ4v) is 1.65. The summed E-state index contributed by atoms with van der Waals surface area (Å²) in [4.78, 5) is 0. The van der Waals surface area contributed by atoms with E-state index in [0.717, 1.165) is 29.5 Å². The summed E-state index contributed by atoms with van der Waals surface area (Å²) in [5, 5.41) is 8.13. The van der Waals surface area contributed by atoms with Gasteiger partial charge in [-0.05, 0) is 31.2 Å². The summed E-state index contributed by atoms with van der Waals surface area (Å²) in [5.41, 5.74) is 1.03. The van der Waals surface area contributed by atoms with Gasteiger partial charge in [-0.15, -0.1) is 0 Å². The number of hydrogen-bond acceptors (Lipinski definition) is 3. The Morgan fingerprint density at radius 2 is 2.11 bits per heavy atom. The number of aryl methyl sites for hydroxylation is 1. The lowest BCUT2D eigenvalue weighted by molar-refractivity contribution is 0.332. The van der Waals surface area contributed by atoms with Gasteiger partial charge in [0.05, 0.1) is 12.4 Å². The zero-order chi connectivity index (χ0) is 12.8. The number of aromatic nitrogens is 2. The number of halogens is 1. The molecule has 0 bridgehead atoms. The van der Waals surface area contributed by atoms with Crippen LogP contribution >= 0.6 is 11.6 Å². The van der Waals surface area contributed by atoms with Gasteiger partial charge in [0.2, 0.25) is 0 Å². The van der Waals surface area contributed by atoms with Crippen molar-refractivity contribution in [2.45, 2.75) is 13.5 Å². The minimum absolute atomic E-state index is 0.595. The van der Waals surface area contributed by atoms with Crippen LogP contribution in [-0.2, 0) is 6.54 Å². The van der Waals surface area contributed by atoms with E-state index >= 15 is 0 Å². The van der Waals surface area contributed by atoms with E-state index in [9.17, 15) is 0 Å². The monoisotopic (exact) mass is 265 g/mol. The average Bonchev–Trinajstić information content (AvgIpc) is 2.85. The summed E-state index contributed by atoms with van der Waals surface area (Å²) in [5.74, 6) is 0.801. The highest BCUT2D eigenvalue weighted by Crippen LogP contribution is 2.13. The van der Waals surface area contributed by atoms with Gasteiger partial charge in [-0.25, -0.2) is 0 Å². The molecule has 0 fully saturated rings. The third-order valence-electron chi connectivity index (χ3n) is 2.48. The summed E-state index contributed by atoms with van der Waals surface area (Å²) in [6.45, 7) is 4.22. The first-order chi connectivity index (χ1) is 8.78. The van der Waals surface area contributed by atoms with Crippen molar-refractivity contribution < 1.29 is 4.74 Å². The van der Waals surface area contributed by atoms with Crippen LogP contribution in [0.25, 0.3) is 0 Å². The van der Waals surface area contributed by atoms with Gasteiger partial charge in [0, 0.05) is 23.8 Å². The number of nitrogens with one attached hydrogen (secondary N) is 1. The van der Waals surface area contributed by atoms with Gasteiger partial charge in [-0.3, -0.25) is 4.68 Å². The molecule has 5 heteroatoms. The molecule has 0 radical (unpaired) electrons. The second-order valence-corrected chi connectivity index (χ2v) is 4.25. The molecule has 0 aliphatic heterocycles. The van der Waals surface area contributed by atoms with Crippen LogP contribution in [-0.4, -0.2) is 22.9 Å². The minimum atomic E-state index is 0.595. The normalized spacial score (nSPS) is 10.3. The number of rotatable bonds is 6. The van der Waals surface area contributed by atoms with E-state index in [1.165, 1.54) is 0 Å². The summed E-state index contributed by atoms with van der Waals surface area (Å²) in [6.07, 6.45) is 3.62. The van der Waals surface area contributed by atoms with Crippen molar-refractivity contribution in [3.8, 4) is 5.75 Å². The van der Waals surface area contributed by atoms with E-state index in [2.05, 4.69) is 10.4 Å². The molecule has 0 unspecified atom stereocenters. The van der Waals surface area contributed by atoms with Crippen molar-refractivity contribution >= 4 is 17.3 Å². The SMILES string of the molecule is CCn1cc(OCCNc2ccc(Cl)cc2)cn1. The Morgan fingerprint density at radius 3 is 2.78 bits per heavy atom. The number of anilines is 1. The second kappa shape index (κ2) is 6.31. The minimum Gasteiger partial charge on any atom is -0.488 e. The van der Waals surface area contributed by atoms with E-state index in [4.69, 9.17) is 16.3 Å². The van der Waals surface area contributed by atoms with Gasteiger partial charge in [-0.2, -0.15) is 5.10 Å². The quantitative estimate of drug-likeness (QED) is 0.816. The number of benzene rings is 1. The number of ether oxygens (including phenoxy) is 1. The number of hydrogen-bond donors (Lipinski definition) is 1. The average molecular weight is 266 g/mol. The van der Waals surface area contributed by atoms with Crippen LogP contribution in [0, 0.1) is 0 Å². The topological polar surface area (TPSA) is 39.1 Å². The van der Waals surface area contributed by atoms with Crippen LogP contribution in [0.3, 0.4) is 0 Å². The molecule has 0 atom stereocenters. The summed E-state index contributed by atoms with van der Waals surface area (Å²) >= 11 is 5.81. The van der Waals surface area contributed by atoms with Crippen LogP contribution in [0.1, 0.15) is 6.92 Å². The summed E-state index contributed by atoms with van der Waals surface area (Å²) in [7, 11) is 0. The third-order valence-corrected chi connectivity index (χ3v) is 2.73. The van der Waals surface area contributed by atoms with Crippen LogP contribution in [0.4, 0.5) is 5.69 Å². The highest BCUT2D eigenvalue weighted by molar-refractivity contribution is 6.30. The first-order valence-corrected chi connectivity index (χ1v) is 6.30. The van der Waals surface area contributed by atoms with E-state index in [1.807, 2.05) is 42.1 Å². The predicted octanol–water partition coefficient (Wildman–Crippen LogP) is 3.05. The van der Waals surface area contributed by atoms with Gasteiger partial charge in [0.15, 0.2) is 5.75 Å². The zero-order valence-corrected chi connectivity index (χ0v) is 11.0. The highest BCUT2D eigenvalue weighted by Gasteiger charge is 1.97. The molecule has 0 saturated carbocycles. The fourth-order valence-electron chi connectivity index (χ4n) is 1.52. The lowest BCUT2D eigenvalue weighted by Crippen LogP contribution is -2.11. The molecule has 4 nitrogen and oxygen atoms in total. The lowest BCUT2D eigenvalue weighted by Gasteiger charge is -2.07. The zero-order valence-electron chi connectivity index (χ0n) is 10.3. The molecule has 1 aromatic heterocycles.